The van der Waals surface area contributed by atoms with Gasteiger partial charge in [-0.2, -0.15) is 0 Å². The number of pyridine rings is 1. The maximum Gasteiger partial charge on any atom is 0.122 e. The second-order valence-corrected chi connectivity index (χ2v) is 3.84. The molecule has 1 heterocycles. The third-order valence-corrected chi connectivity index (χ3v) is 2.61. The van der Waals surface area contributed by atoms with E-state index in [0.717, 1.165) is 22.4 Å². The number of aromatic nitrogens is 1. The van der Waals surface area contributed by atoms with Crippen LogP contribution in [0.4, 0.5) is 0 Å². The first-order valence-electron chi connectivity index (χ1n) is 5.52. The zero-order valence-electron chi connectivity index (χ0n) is 10.1. The van der Waals surface area contributed by atoms with Gasteiger partial charge in [0.05, 0.1) is 7.11 Å². The van der Waals surface area contributed by atoms with Gasteiger partial charge in [-0.05, 0) is 41.8 Å². The minimum absolute atomic E-state index is 0.918. The Morgan fingerprint density at radius 2 is 1.71 bits per heavy atom. The molecule has 0 unspecified atom stereocenters. The van der Waals surface area contributed by atoms with Gasteiger partial charge in [0, 0.05) is 12.4 Å². The lowest BCUT2D eigenvalue weighted by molar-refractivity contribution is 0.411. The molecule has 0 amide bonds. The number of ether oxygens (including phenoxy) is 1. The first kappa shape index (κ1) is 11.4. The summed E-state index contributed by atoms with van der Waals surface area (Å²) >= 11 is 0. The quantitative estimate of drug-likeness (QED) is 0.796. The highest BCUT2D eigenvalue weighted by Crippen LogP contribution is 2.20. The number of nitrogens with zero attached hydrogens (tertiary/aromatic N) is 1. The fourth-order valence-electron chi connectivity index (χ4n) is 1.61. The van der Waals surface area contributed by atoms with Crippen molar-refractivity contribution in [2.45, 2.75) is 6.92 Å². The van der Waals surface area contributed by atoms with E-state index in [9.17, 15) is 0 Å². The highest BCUT2D eigenvalue weighted by atomic mass is 16.5. The second kappa shape index (κ2) is 5.30. The lowest BCUT2D eigenvalue weighted by Gasteiger charge is -2.04. The molecule has 0 saturated carbocycles. The predicted molar refractivity (Wildman–Crippen MR) is 70.9 cm³/mol. The van der Waals surface area contributed by atoms with E-state index in [-0.39, 0.29) is 0 Å². The fraction of sp³-hybridized carbons (Fsp3) is 0.133. The Bertz CT molecular complexity index is 518. The first-order chi connectivity index (χ1) is 8.29. The average Bonchev–Trinajstić information content (AvgIpc) is 2.39. The van der Waals surface area contributed by atoms with Crippen LogP contribution in [-0.4, -0.2) is 12.1 Å². The van der Waals surface area contributed by atoms with Crippen LogP contribution >= 0.6 is 0 Å². The minimum atomic E-state index is 0.918. The Morgan fingerprint density at radius 3 is 2.41 bits per heavy atom. The number of benzene rings is 1. The molecule has 86 valence electrons. The molecule has 0 bridgehead atoms. The SMILES string of the molecule is COc1cc(/C=C/c2ccncc2)ccc1C. The summed E-state index contributed by atoms with van der Waals surface area (Å²) in [4.78, 5) is 3.99. The molecule has 2 aromatic rings. The smallest absolute Gasteiger partial charge is 0.122 e. The van der Waals surface area contributed by atoms with Gasteiger partial charge in [0.25, 0.3) is 0 Å². The highest BCUT2D eigenvalue weighted by molar-refractivity contribution is 5.70. The van der Waals surface area contributed by atoms with Gasteiger partial charge >= 0.3 is 0 Å². The Kier molecular flexibility index (Phi) is 3.55. The maximum absolute atomic E-state index is 5.29. The molecular weight excluding hydrogens is 210 g/mol. The van der Waals surface area contributed by atoms with Gasteiger partial charge in [-0.25, -0.2) is 0 Å². The van der Waals surface area contributed by atoms with Crippen LogP contribution in [0, 0.1) is 6.92 Å². The highest BCUT2D eigenvalue weighted by Gasteiger charge is 1.97. The molecule has 0 atom stereocenters. The van der Waals surface area contributed by atoms with E-state index >= 15 is 0 Å². The molecule has 0 spiro atoms. The van der Waals surface area contributed by atoms with Gasteiger partial charge in [0.1, 0.15) is 5.75 Å². The molecule has 17 heavy (non-hydrogen) atoms. The Balaban J connectivity index is 2.22. The van der Waals surface area contributed by atoms with Crippen molar-refractivity contribution in [3.63, 3.8) is 0 Å². The van der Waals surface area contributed by atoms with Gasteiger partial charge in [-0.15, -0.1) is 0 Å². The molecule has 0 radical (unpaired) electrons. The Morgan fingerprint density at radius 1 is 1.00 bits per heavy atom. The van der Waals surface area contributed by atoms with E-state index in [4.69, 9.17) is 4.74 Å². The molecule has 0 aliphatic heterocycles. The van der Waals surface area contributed by atoms with Crippen LogP contribution < -0.4 is 4.74 Å². The van der Waals surface area contributed by atoms with Crippen molar-refractivity contribution < 1.29 is 4.74 Å². The molecule has 1 aromatic carbocycles. The third kappa shape index (κ3) is 2.94. The van der Waals surface area contributed by atoms with E-state index in [1.165, 1.54) is 0 Å². The van der Waals surface area contributed by atoms with Crippen LogP contribution in [0.3, 0.4) is 0 Å². The van der Waals surface area contributed by atoms with Gasteiger partial charge < -0.3 is 4.74 Å². The van der Waals surface area contributed by atoms with Crippen LogP contribution in [0.2, 0.25) is 0 Å². The van der Waals surface area contributed by atoms with Crippen LogP contribution in [0.15, 0.2) is 42.7 Å². The average molecular weight is 225 g/mol. The fourth-order valence-corrected chi connectivity index (χ4v) is 1.61. The third-order valence-electron chi connectivity index (χ3n) is 2.61. The van der Waals surface area contributed by atoms with Crippen LogP contribution in [0.5, 0.6) is 5.75 Å². The minimum Gasteiger partial charge on any atom is -0.496 e. The van der Waals surface area contributed by atoms with Gasteiger partial charge in [0.2, 0.25) is 0 Å². The monoisotopic (exact) mass is 225 g/mol. The molecule has 2 nitrogen and oxygen atoms in total. The lowest BCUT2D eigenvalue weighted by atomic mass is 10.1. The van der Waals surface area contributed by atoms with Gasteiger partial charge in [-0.1, -0.05) is 24.3 Å². The molecule has 0 saturated heterocycles. The molecular formula is C15H15NO. The van der Waals surface area contributed by atoms with Crippen molar-refractivity contribution in [3.05, 3.63) is 59.4 Å². The van der Waals surface area contributed by atoms with E-state index < -0.39 is 0 Å². The zero-order chi connectivity index (χ0) is 12.1. The summed E-state index contributed by atoms with van der Waals surface area (Å²) in [6.45, 7) is 2.04. The van der Waals surface area contributed by atoms with Crippen molar-refractivity contribution in [2.75, 3.05) is 7.11 Å². The van der Waals surface area contributed by atoms with Gasteiger partial charge in [0.15, 0.2) is 0 Å². The summed E-state index contributed by atoms with van der Waals surface area (Å²) in [6, 6.07) is 10.1. The van der Waals surface area contributed by atoms with Crippen molar-refractivity contribution in [1.29, 1.82) is 0 Å². The Hall–Kier alpha value is -2.09. The summed E-state index contributed by atoms with van der Waals surface area (Å²) in [5.74, 6) is 0.918. The predicted octanol–water partition coefficient (Wildman–Crippen LogP) is 3.57. The first-order valence-corrected chi connectivity index (χ1v) is 5.52. The number of methoxy groups -OCH3 is 1. The van der Waals surface area contributed by atoms with E-state index in [1.54, 1.807) is 19.5 Å². The molecule has 0 aliphatic rings. The number of hydrogen-bond donors (Lipinski definition) is 0. The molecule has 2 rings (SSSR count). The molecule has 0 N–H and O–H groups in total. The topological polar surface area (TPSA) is 22.1 Å². The second-order valence-electron chi connectivity index (χ2n) is 3.84. The normalized spacial score (nSPS) is 10.7. The van der Waals surface area contributed by atoms with E-state index in [0.29, 0.717) is 0 Å². The van der Waals surface area contributed by atoms with Crippen molar-refractivity contribution >= 4 is 12.2 Å². The summed E-state index contributed by atoms with van der Waals surface area (Å²) < 4.78 is 5.29. The van der Waals surface area contributed by atoms with Crippen molar-refractivity contribution in [2.24, 2.45) is 0 Å². The molecule has 1 aromatic heterocycles. The summed E-state index contributed by atoms with van der Waals surface area (Å²) in [5.41, 5.74) is 3.41. The summed E-state index contributed by atoms with van der Waals surface area (Å²) in [7, 11) is 1.69. The summed E-state index contributed by atoms with van der Waals surface area (Å²) in [6.07, 6.45) is 7.70. The number of hydrogen-bond acceptors (Lipinski definition) is 2. The Labute approximate surface area is 102 Å². The van der Waals surface area contributed by atoms with Crippen molar-refractivity contribution in [3.8, 4) is 5.75 Å². The lowest BCUT2D eigenvalue weighted by Crippen LogP contribution is -1.87. The maximum atomic E-state index is 5.29. The standard InChI is InChI=1S/C15H15NO/c1-12-3-4-14(11-15(12)17-2)6-5-13-7-9-16-10-8-13/h3-11H,1-2H3/b6-5+. The van der Waals surface area contributed by atoms with Gasteiger partial charge in [-0.3, -0.25) is 4.98 Å². The molecule has 0 fully saturated rings. The number of aryl methyl sites for hydroxylation is 1. The van der Waals surface area contributed by atoms with E-state index in [1.807, 2.05) is 25.1 Å². The van der Waals surface area contributed by atoms with Crippen LogP contribution in [0.1, 0.15) is 16.7 Å². The van der Waals surface area contributed by atoms with E-state index in [2.05, 4.69) is 29.3 Å². The molecule has 0 aliphatic carbocycles. The zero-order valence-corrected chi connectivity index (χ0v) is 10.1. The van der Waals surface area contributed by atoms with Crippen LogP contribution in [-0.2, 0) is 0 Å². The summed E-state index contributed by atoms with van der Waals surface area (Å²) in [5, 5.41) is 0. The largest absolute Gasteiger partial charge is 0.496 e. The van der Waals surface area contributed by atoms with Crippen LogP contribution in [0.25, 0.3) is 12.2 Å². The molecule has 2 heteroatoms. The van der Waals surface area contributed by atoms with Crippen molar-refractivity contribution in [1.82, 2.24) is 4.98 Å². The number of rotatable bonds is 3.